The largest absolute Gasteiger partial charge is 0.228 e. The fourth-order valence-electron chi connectivity index (χ4n) is 2.08. The topological polar surface area (TPSA) is 43.6 Å². The highest BCUT2D eigenvalue weighted by atomic mass is 35.5. The summed E-state index contributed by atoms with van der Waals surface area (Å²) in [6.45, 7) is 0.940. The second-order valence-electron chi connectivity index (χ2n) is 3.91. The maximum absolute atomic E-state index is 5.73. The van der Waals surface area contributed by atoms with Crippen molar-refractivity contribution in [2.24, 2.45) is 5.92 Å². The van der Waals surface area contributed by atoms with Crippen molar-refractivity contribution in [3.8, 4) is 0 Å². The number of hydrogen-bond donors (Lipinski definition) is 0. The van der Waals surface area contributed by atoms with Crippen molar-refractivity contribution >= 4 is 11.6 Å². The number of tetrazole rings is 1. The molecular weight excluding hydrogens is 200 g/mol. The van der Waals surface area contributed by atoms with E-state index in [0.717, 1.165) is 18.3 Å². The van der Waals surface area contributed by atoms with Crippen LogP contribution in [0.2, 0.25) is 0 Å². The maximum atomic E-state index is 5.73. The molecule has 0 radical (unpaired) electrons. The molecule has 5 heteroatoms. The van der Waals surface area contributed by atoms with Gasteiger partial charge in [-0.3, -0.25) is 0 Å². The first-order valence-corrected chi connectivity index (χ1v) is 5.74. The Kier molecular flexibility index (Phi) is 3.35. The quantitative estimate of drug-likeness (QED) is 0.723. The summed E-state index contributed by atoms with van der Waals surface area (Å²) in [7, 11) is 0. The lowest BCUT2D eigenvalue weighted by Gasteiger charge is -2.21. The Morgan fingerprint density at radius 1 is 1.29 bits per heavy atom. The first kappa shape index (κ1) is 9.90. The standard InChI is InChI=1S/C9H15ClN4/c10-6-9-11-12-13-14(9)7-8-4-2-1-3-5-8/h8H,1-7H2. The van der Waals surface area contributed by atoms with Gasteiger partial charge >= 0.3 is 0 Å². The van der Waals surface area contributed by atoms with Crippen LogP contribution in [0, 0.1) is 5.92 Å². The van der Waals surface area contributed by atoms with Gasteiger partial charge in [0.2, 0.25) is 0 Å². The van der Waals surface area contributed by atoms with Gasteiger partial charge in [-0.25, -0.2) is 4.68 Å². The van der Waals surface area contributed by atoms with E-state index in [1.165, 1.54) is 32.1 Å². The van der Waals surface area contributed by atoms with Gasteiger partial charge < -0.3 is 0 Å². The van der Waals surface area contributed by atoms with Crippen molar-refractivity contribution < 1.29 is 0 Å². The first-order chi connectivity index (χ1) is 6.90. The molecule has 0 aromatic carbocycles. The summed E-state index contributed by atoms with van der Waals surface area (Å²) in [5.41, 5.74) is 0. The van der Waals surface area contributed by atoms with Crippen LogP contribution < -0.4 is 0 Å². The lowest BCUT2D eigenvalue weighted by molar-refractivity contribution is 0.303. The molecule has 0 amide bonds. The van der Waals surface area contributed by atoms with Gasteiger partial charge in [0.25, 0.3) is 0 Å². The average molecular weight is 215 g/mol. The van der Waals surface area contributed by atoms with E-state index in [2.05, 4.69) is 15.5 Å². The highest BCUT2D eigenvalue weighted by molar-refractivity contribution is 6.16. The van der Waals surface area contributed by atoms with E-state index in [9.17, 15) is 0 Å². The third-order valence-corrected chi connectivity index (χ3v) is 3.12. The summed E-state index contributed by atoms with van der Waals surface area (Å²) < 4.78 is 1.85. The zero-order valence-electron chi connectivity index (χ0n) is 8.19. The number of nitrogens with zero attached hydrogens (tertiary/aromatic N) is 4. The van der Waals surface area contributed by atoms with Crippen LogP contribution in [0.3, 0.4) is 0 Å². The van der Waals surface area contributed by atoms with Crippen LogP contribution in [0.5, 0.6) is 0 Å². The SMILES string of the molecule is ClCc1nnnn1CC1CCCCC1. The van der Waals surface area contributed by atoms with Gasteiger partial charge in [0.15, 0.2) is 5.82 Å². The van der Waals surface area contributed by atoms with Crippen molar-refractivity contribution in [2.75, 3.05) is 0 Å². The molecule has 1 aliphatic rings. The molecule has 1 heterocycles. The minimum atomic E-state index is 0.402. The summed E-state index contributed by atoms with van der Waals surface area (Å²) in [6.07, 6.45) is 6.70. The van der Waals surface area contributed by atoms with Crippen LogP contribution in [-0.2, 0) is 12.4 Å². The van der Waals surface area contributed by atoms with Crippen molar-refractivity contribution in [2.45, 2.75) is 44.5 Å². The molecule has 0 bridgehead atoms. The molecule has 1 aromatic heterocycles. The highest BCUT2D eigenvalue weighted by Crippen LogP contribution is 2.24. The molecule has 0 N–H and O–H groups in total. The van der Waals surface area contributed by atoms with E-state index in [0.29, 0.717) is 5.88 Å². The van der Waals surface area contributed by atoms with Gasteiger partial charge in [-0.1, -0.05) is 19.3 Å². The molecule has 78 valence electrons. The minimum Gasteiger partial charge on any atom is -0.228 e. The van der Waals surface area contributed by atoms with Crippen molar-refractivity contribution in [3.63, 3.8) is 0 Å². The normalized spacial score (nSPS) is 18.6. The van der Waals surface area contributed by atoms with Crippen LogP contribution in [0.4, 0.5) is 0 Å². The Morgan fingerprint density at radius 3 is 2.79 bits per heavy atom. The van der Waals surface area contributed by atoms with Crippen LogP contribution >= 0.6 is 11.6 Å². The molecule has 0 spiro atoms. The monoisotopic (exact) mass is 214 g/mol. The second-order valence-corrected chi connectivity index (χ2v) is 4.18. The third kappa shape index (κ3) is 2.23. The number of halogens is 1. The summed E-state index contributed by atoms with van der Waals surface area (Å²) in [6, 6.07) is 0. The van der Waals surface area contributed by atoms with E-state index in [1.807, 2.05) is 4.68 Å². The fourth-order valence-corrected chi connectivity index (χ4v) is 2.27. The zero-order chi connectivity index (χ0) is 9.80. The summed E-state index contributed by atoms with van der Waals surface area (Å²) in [4.78, 5) is 0. The van der Waals surface area contributed by atoms with Crippen molar-refractivity contribution in [1.29, 1.82) is 0 Å². The predicted molar refractivity (Wildman–Crippen MR) is 53.9 cm³/mol. The summed E-state index contributed by atoms with van der Waals surface area (Å²) in [5, 5.41) is 11.5. The van der Waals surface area contributed by atoms with Gasteiger partial charge in [0, 0.05) is 6.54 Å². The molecular formula is C9H15ClN4. The van der Waals surface area contributed by atoms with Gasteiger partial charge in [0.1, 0.15) is 0 Å². The predicted octanol–water partition coefficient (Wildman–Crippen LogP) is 1.99. The summed E-state index contributed by atoms with van der Waals surface area (Å²) in [5.74, 6) is 1.94. The van der Waals surface area contributed by atoms with E-state index in [-0.39, 0.29) is 0 Å². The molecule has 0 saturated heterocycles. The summed E-state index contributed by atoms with van der Waals surface area (Å²) >= 11 is 5.73. The van der Waals surface area contributed by atoms with Crippen LogP contribution in [0.25, 0.3) is 0 Å². The highest BCUT2D eigenvalue weighted by Gasteiger charge is 2.16. The maximum Gasteiger partial charge on any atom is 0.166 e. The number of alkyl halides is 1. The smallest absolute Gasteiger partial charge is 0.166 e. The lowest BCUT2D eigenvalue weighted by Crippen LogP contribution is -2.16. The number of aromatic nitrogens is 4. The Balaban J connectivity index is 1.95. The molecule has 4 nitrogen and oxygen atoms in total. The van der Waals surface area contributed by atoms with E-state index in [1.54, 1.807) is 0 Å². The molecule has 1 aromatic rings. The molecule has 0 aliphatic heterocycles. The van der Waals surface area contributed by atoms with E-state index >= 15 is 0 Å². The lowest BCUT2D eigenvalue weighted by atomic mass is 9.89. The molecule has 0 unspecified atom stereocenters. The Hall–Kier alpha value is -0.640. The Labute approximate surface area is 88.6 Å². The van der Waals surface area contributed by atoms with Crippen LogP contribution in [0.15, 0.2) is 0 Å². The molecule has 0 atom stereocenters. The molecule has 1 saturated carbocycles. The van der Waals surface area contributed by atoms with Crippen LogP contribution in [-0.4, -0.2) is 20.2 Å². The van der Waals surface area contributed by atoms with Crippen molar-refractivity contribution in [1.82, 2.24) is 20.2 Å². The number of hydrogen-bond acceptors (Lipinski definition) is 3. The molecule has 14 heavy (non-hydrogen) atoms. The average Bonchev–Trinajstić information content (AvgIpc) is 2.67. The third-order valence-electron chi connectivity index (χ3n) is 2.88. The van der Waals surface area contributed by atoms with Gasteiger partial charge in [0.05, 0.1) is 5.88 Å². The van der Waals surface area contributed by atoms with Crippen LogP contribution in [0.1, 0.15) is 37.9 Å². The first-order valence-electron chi connectivity index (χ1n) is 5.21. The zero-order valence-corrected chi connectivity index (χ0v) is 8.95. The molecule has 1 aliphatic carbocycles. The fraction of sp³-hybridized carbons (Fsp3) is 0.889. The molecule has 1 fully saturated rings. The van der Waals surface area contributed by atoms with Gasteiger partial charge in [-0.2, -0.15) is 0 Å². The Morgan fingerprint density at radius 2 is 2.07 bits per heavy atom. The van der Waals surface area contributed by atoms with Gasteiger partial charge in [-0.05, 0) is 29.2 Å². The minimum absolute atomic E-state index is 0.402. The Bertz CT molecular complexity index is 280. The second kappa shape index (κ2) is 4.73. The van der Waals surface area contributed by atoms with E-state index in [4.69, 9.17) is 11.6 Å². The number of rotatable bonds is 3. The van der Waals surface area contributed by atoms with E-state index < -0.39 is 0 Å². The molecule has 2 rings (SSSR count). The van der Waals surface area contributed by atoms with Crippen molar-refractivity contribution in [3.05, 3.63) is 5.82 Å². The van der Waals surface area contributed by atoms with Gasteiger partial charge in [-0.15, -0.1) is 16.7 Å².